The summed E-state index contributed by atoms with van der Waals surface area (Å²) >= 11 is 0. The first-order chi connectivity index (χ1) is 9.14. The van der Waals surface area contributed by atoms with E-state index >= 15 is 0 Å². The van der Waals surface area contributed by atoms with Gasteiger partial charge in [0.15, 0.2) is 0 Å². The van der Waals surface area contributed by atoms with E-state index in [1.165, 1.54) is 0 Å². The number of carbonyl (C=O) groups excluding carboxylic acids is 1. The van der Waals surface area contributed by atoms with Crippen LogP contribution in [-0.2, 0) is 4.79 Å². The van der Waals surface area contributed by atoms with E-state index in [0.717, 1.165) is 5.56 Å². The molecule has 0 saturated carbocycles. The van der Waals surface area contributed by atoms with Crippen LogP contribution in [0.4, 0.5) is 0 Å². The van der Waals surface area contributed by atoms with Crippen LogP contribution in [0.2, 0.25) is 0 Å². The molecule has 1 amide bonds. The summed E-state index contributed by atoms with van der Waals surface area (Å²) < 4.78 is 0. The van der Waals surface area contributed by atoms with Gasteiger partial charge in [0.1, 0.15) is 5.75 Å². The number of phenolic OH excluding ortho intramolecular Hbond substituents is 1. The molecule has 3 nitrogen and oxygen atoms in total. The molecule has 0 aliphatic rings. The maximum absolute atomic E-state index is 12.4. The van der Waals surface area contributed by atoms with Gasteiger partial charge in [-0.1, -0.05) is 45.9 Å². The lowest BCUT2D eigenvalue weighted by Gasteiger charge is -2.31. The van der Waals surface area contributed by atoms with E-state index in [2.05, 4.69) is 27.7 Å². The molecule has 2 unspecified atom stereocenters. The van der Waals surface area contributed by atoms with Gasteiger partial charge in [-0.15, -0.1) is 0 Å². The first-order valence-corrected chi connectivity index (χ1v) is 7.18. The van der Waals surface area contributed by atoms with Crippen LogP contribution in [0.15, 0.2) is 24.3 Å². The number of aromatic hydroxyl groups is 1. The van der Waals surface area contributed by atoms with Gasteiger partial charge in [-0.3, -0.25) is 4.79 Å². The molecule has 3 heteroatoms. The molecule has 1 N–H and O–H groups in total. The van der Waals surface area contributed by atoms with Crippen molar-refractivity contribution < 1.29 is 9.90 Å². The molecule has 0 heterocycles. The standard InChI is InChI=1S/C17H27NO2/c1-12(17(3,4)5)11-16(20)18(6)13(2)14-9-7-8-10-15(14)19/h7-10,12-13,19H,11H2,1-6H3. The molecule has 1 aromatic carbocycles. The highest BCUT2D eigenvalue weighted by molar-refractivity contribution is 5.76. The van der Waals surface area contributed by atoms with Crippen molar-refractivity contribution in [3.8, 4) is 5.75 Å². The molecule has 0 saturated heterocycles. The Labute approximate surface area is 122 Å². The zero-order valence-electron chi connectivity index (χ0n) is 13.5. The zero-order valence-corrected chi connectivity index (χ0v) is 13.5. The van der Waals surface area contributed by atoms with E-state index < -0.39 is 0 Å². The summed E-state index contributed by atoms with van der Waals surface area (Å²) in [5.74, 6) is 0.667. The molecule has 0 aromatic heterocycles. The lowest BCUT2D eigenvalue weighted by molar-refractivity contribution is -0.133. The van der Waals surface area contributed by atoms with E-state index in [4.69, 9.17) is 0 Å². The molecule has 112 valence electrons. The second-order valence-electron chi connectivity index (χ2n) is 6.71. The fraction of sp³-hybridized carbons (Fsp3) is 0.588. The third kappa shape index (κ3) is 3.99. The van der Waals surface area contributed by atoms with Crippen LogP contribution in [0.1, 0.15) is 52.6 Å². The Morgan fingerprint density at radius 3 is 2.30 bits per heavy atom. The highest BCUT2D eigenvalue weighted by Crippen LogP contribution is 2.31. The van der Waals surface area contributed by atoms with Crippen molar-refractivity contribution >= 4 is 5.91 Å². The number of benzene rings is 1. The van der Waals surface area contributed by atoms with Crippen LogP contribution in [-0.4, -0.2) is 23.0 Å². The molecular weight excluding hydrogens is 250 g/mol. The second kappa shape index (κ2) is 6.29. The summed E-state index contributed by atoms with van der Waals surface area (Å²) in [6.07, 6.45) is 0.526. The van der Waals surface area contributed by atoms with Gasteiger partial charge in [-0.25, -0.2) is 0 Å². The number of carbonyl (C=O) groups is 1. The molecule has 0 aliphatic heterocycles. The van der Waals surface area contributed by atoms with Crippen LogP contribution in [0.3, 0.4) is 0 Å². The number of amides is 1. The van der Waals surface area contributed by atoms with Gasteiger partial charge in [0.25, 0.3) is 0 Å². The maximum atomic E-state index is 12.4. The molecule has 1 aromatic rings. The van der Waals surface area contributed by atoms with Crippen LogP contribution < -0.4 is 0 Å². The van der Waals surface area contributed by atoms with Gasteiger partial charge in [-0.05, 0) is 24.3 Å². The second-order valence-corrected chi connectivity index (χ2v) is 6.71. The Bertz CT molecular complexity index is 462. The van der Waals surface area contributed by atoms with Gasteiger partial charge < -0.3 is 10.0 Å². The number of rotatable bonds is 4. The Kier molecular flexibility index (Phi) is 5.21. The lowest BCUT2D eigenvalue weighted by atomic mass is 9.80. The third-order valence-corrected chi connectivity index (χ3v) is 4.32. The van der Waals surface area contributed by atoms with Crippen molar-refractivity contribution in [2.24, 2.45) is 11.3 Å². The van der Waals surface area contributed by atoms with Gasteiger partial charge >= 0.3 is 0 Å². The molecule has 0 bridgehead atoms. The fourth-order valence-electron chi connectivity index (χ4n) is 1.98. The summed E-state index contributed by atoms with van der Waals surface area (Å²) in [5, 5.41) is 9.88. The lowest BCUT2D eigenvalue weighted by Crippen LogP contribution is -2.33. The third-order valence-electron chi connectivity index (χ3n) is 4.32. The number of nitrogens with zero attached hydrogens (tertiary/aromatic N) is 1. The molecule has 1 rings (SSSR count). The number of hydrogen-bond donors (Lipinski definition) is 1. The average molecular weight is 277 g/mol. The average Bonchev–Trinajstić information content (AvgIpc) is 2.36. The summed E-state index contributed by atoms with van der Waals surface area (Å²) in [7, 11) is 1.80. The number of phenols is 1. The smallest absolute Gasteiger partial charge is 0.223 e. The SMILES string of the molecule is CC(c1ccccc1O)N(C)C(=O)CC(C)C(C)(C)C. The Hall–Kier alpha value is -1.51. The van der Waals surface area contributed by atoms with Gasteiger partial charge in [0.2, 0.25) is 5.91 Å². The highest BCUT2D eigenvalue weighted by Gasteiger charge is 2.26. The molecular formula is C17H27NO2. The number of hydrogen-bond acceptors (Lipinski definition) is 2. The minimum atomic E-state index is -0.129. The van der Waals surface area contributed by atoms with E-state index in [9.17, 15) is 9.90 Å². The van der Waals surface area contributed by atoms with Crippen LogP contribution in [0.5, 0.6) is 5.75 Å². The Balaban J connectivity index is 2.77. The van der Waals surface area contributed by atoms with Crippen LogP contribution >= 0.6 is 0 Å². The largest absolute Gasteiger partial charge is 0.508 e. The summed E-state index contributed by atoms with van der Waals surface area (Å²) in [6.45, 7) is 10.5. The molecule has 0 fully saturated rings. The molecule has 2 atom stereocenters. The van der Waals surface area contributed by atoms with E-state index in [0.29, 0.717) is 12.3 Å². The van der Waals surface area contributed by atoms with Gasteiger partial charge in [-0.2, -0.15) is 0 Å². The minimum absolute atomic E-state index is 0.114. The molecule has 20 heavy (non-hydrogen) atoms. The predicted octanol–water partition coefficient (Wildman–Crippen LogP) is 3.98. The van der Waals surface area contributed by atoms with Crippen LogP contribution in [0, 0.1) is 11.3 Å². The van der Waals surface area contributed by atoms with Crippen molar-refractivity contribution in [1.82, 2.24) is 4.90 Å². The Morgan fingerprint density at radius 1 is 1.25 bits per heavy atom. The normalized spacial score (nSPS) is 14.7. The van der Waals surface area contributed by atoms with Crippen molar-refractivity contribution in [3.05, 3.63) is 29.8 Å². The molecule has 0 aliphatic carbocycles. The summed E-state index contributed by atoms with van der Waals surface area (Å²) in [6, 6.07) is 7.05. The maximum Gasteiger partial charge on any atom is 0.223 e. The highest BCUT2D eigenvalue weighted by atomic mass is 16.3. The van der Waals surface area contributed by atoms with Crippen molar-refractivity contribution in [2.45, 2.75) is 47.1 Å². The predicted molar refractivity (Wildman–Crippen MR) is 82.5 cm³/mol. The monoisotopic (exact) mass is 277 g/mol. The quantitative estimate of drug-likeness (QED) is 0.904. The van der Waals surface area contributed by atoms with Crippen molar-refractivity contribution in [3.63, 3.8) is 0 Å². The van der Waals surface area contributed by atoms with Crippen LogP contribution in [0.25, 0.3) is 0 Å². The van der Waals surface area contributed by atoms with E-state index in [1.807, 2.05) is 19.1 Å². The Morgan fingerprint density at radius 2 is 1.80 bits per heavy atom. The van der Waals surface area contributed by atoms with Gasteiger partial charge in [0.05, 0.1) is 6.04 Å². The first kappa shape index (κ1) is 16.5. The fourth-order valence-corrected chi connectivity index (χ4v) is 1.98. The molecule has 0 spiro atoms. The minimum Gasteiger partial charge on any atom is -0.508 e. The van der Waals surface area contributed by atoms with E-state index in [-0.39, 0.29) is 23.1 Å². The first-order valence-electron chi connectivity index (χ1n) is 7.18. The summed E-state index contributed by atoms with van der Waals surface area (Å²) in [5.41, 5.74) is 0.904. The molecule has 0 radical (unpaired) electrons. The van der Waals surface area contributed by atoms with Gasteiger partial charge in [0, 0.05) is 19.0 Å². The summed E-state index contributed by atoms with van der Waals surface area (Å²) in [4.78, 5) is 14.1. The topological polar surface area (TPSA) is 40.5 Å². The zero-order chi connectivity index (χ0) is 15.5. The number of para-hydroxylation sites is 1. The van der Waals surface area contributed by atoms with E-state index in [1.54, 1.807) is 24.1 Å². The van der Waals surface area contributed by atoms with Crippen molar-refractivity contribution in [1.29, 1.82) is 0 Å². The van der Waals surface area contributed by atoms with Crippen molar-refractivity contribution in [2.75, 3.05) is 7.05 Å².